The third kappa shape index (κ3) is 14.5. The van der Waals surface area contributed by atoms with E-state index in [0.29, 0.717) is 29.1 Å². The fraction of sp³-hybridized carbons (Fsp3) is 0.690. The molecule has 58 heavy (non-hydrogen) atoms. The topological polar surface area (TPSA) is 213 Å². The first-order valence-electron chi connectivity index (χ1n) is 21.0. The standard InChI is InChI=1S/C42H66N5O10P/c1-4-5-6-7-8-9-10-11-12-13-14-15-16-17-18-19-24-53-28-34(54-27-32-20-21-33(26-43)36(25-32)52-3)29-55-58(50,51)56-30-37-39(48)40(49)42(2,57-37)38-23-22-35-41(44)45-31-46-47(35)38/h20-23,25,31,34,37,39-40,48-49H,4-19,24,27-30H2,1-3H3,(H,50,51)(H2,44,45,46)/t34-,37?,39-,40-,42+/m1/s1. The number of aliphatic hydroxyl groups is 2. The van der Waals surface area contributed by atoms with Gasteiger partial charge in [-0.15, -0.1) is 0 Å². The summed E-state index contributed by atoms with van der Waals surface area (Å²) in [5.74, 6) is 0.630. The molecular weight excluding hydrogens is 765 g/mol. The lowest BCUT2D eigenvalue weighted by atomic mass is 9.93. The molecule has 15 nitrogen and oxygen atoms in total. The number of hydrogen-bond donors (Lipinski definition) is 4. The van der Waals surface area contributed by atoms with Crippen molar-refractivity contribution in [2.75, 3.05) is 39.3 Å². The zero-order chi connectivity index (χ0) is 41.8. The molecule has 3 aromatic rings. The minimum Gasteiger partial charge on any atom is -0.495 e. The number of nitrogens with zero attached hydrogens (tertiary/aromatic N) is 4. The van der Waals surface area contributed by atoms with Crippen molar-refractivity contribution in [1.29, 1.82) is 5.26 Å². The fourth-order valence-corrected chi connectivity index (χ4v) is 8.05. The molecule has 1 aromatic carbocycles. The highest BCUT2D eigenvalue weighted by Crippen LogP contribution is 2.46. The molecule has 1 aliphatic rings. The molecule has 2 unspecified atom stereocenters. The van der Waals surface area contributed by atoms with Gasteiger partial charge in [-0.05, 0) is 43.2 Å². The Hall–Kier alpha value is -3.16. The molecule has 5 N–H and O–H groups in total. The summed E-state index contributed by atoms with van der Waals surface area (Å²) in [6.45, 7) is 3.63. The fourth-order valence-electron chi connectivity index (χ4n) is 7.28. The Bertz CT molecular complexity index is 1740. The maximum Gasteiger partial charge on any atom is 0.472 e. The summed E-state index contributed by atoms with van der Waals surface area (Å²) in [6.07, 6.45) is 16.9. The summed E-state index contributed by atoms with van der Waals surface area (Å²) in [4.78, 5) is 14.6. The smallest absolute Gasteiger partial charge is 0.472 e. The van der Waals surface area contributed by atoms with E-state index in [0.717, 1.165) is 24.8 Å². The summed E-state index contributed by atoms with van der Waals surface area (Å²) in [5.41, 5.74) is 6.49. The molecule has 1 saturated heterocycles. The molecule has 0 bridgehead atoms. The minimum absolute atomic E-state index is 0.0959. The van der Waals surface area contributed by atoms with Gasteiger partial charge < -0.3 is 39.8 Å². The van der Waals surface area contributed by atoms with Gasteiger partial charge in [-0.2, -0.15) is 10.4 Å². The van der Waals surface area contributed by atoms with Crippen molar-refractivity contribution in [3.8, 4) is 11.8 Å². The minimum atomic E-state index is -4.70. The highest BCUT2D eigenvalue weighted by Gasteiger charge is 2.54. The van der Waals surface area contributed by atoms with Crippen LogP contribution < -0.4 is 10.5 Å². The van der Waals surface area contributed by atoms with E-state index in [1.807, 2.05) is 0 Å². The molecule has 3 heterocycles. The molecular formula is C42H66N5O10P. The van der Waals surface area contributed by atoms with Crippen molar-refractivity contribution in [2.24, 2.45) is 0 Å². The predicted molar refractivity (Wildman–Crippen MR) is 220 cm³/mol. The van der Waals surface area contributed by atoms with Crippen LogP contribution in [0, 0.1) is 11.3 Å². The van der Waals surface area contributed by atoms with E-state index in [9.17, 15) is 24.9 Å². The van der Waals surface area contributed by atoms with E-state index in [2.05, 4.69) is 23.1 Å². The molecule has 1 aliphatic heterocycles. The maximum absolute atomic E-state index is 13.1. The number of rotatable bonds is 30. The lowest BCUT2D eigenvalue weighted by molar-refractivity contribution is -0.0901. The average Bonchev–Trinajstić information content (AvgIpc) is 3.76. The lowest BCUT2D eigenvalue weighted by Gasteiger charge is -2.27. The number of ether oxygens (including phenoxy) is 4. The van der Waals surface area contributed by atoms with Crippen molar-refractivity contribution in [3.63, 3.8) is 0 Å². The van der Waals surface area contributed by atoms with Gasteiger partial charge in [0.25, 0.3) is 0 Å². The summed E-state index contributed by atoms with van der Waals surface area (Å²) in [6, 6.07) is 10.5. The van der Waals surface area contributed by atoms with Gasteiger partial charge in [0, 0.05) is 6.61 Å². The largest absolute Gasteiger partial charge is 0.495 e. The quantitative estimate of drug-likeness (QED) is 0.0378. The van der Waals surface area contributed by atoms with Crippen LogP contribution in [0.5, 0.6) is 5.75 Å². The van der Waals surface area contributed by atoms with Gasteiger partial charge in [0.2, 0.25) is 0 Å². The number of fused-ring (bicyclic) bond motifs is 1. The number of nitrogens with two attached hydrogens (primary N) is 1. The third-order valence-corrected chi connectivity index (χ3v) is 11.7. The molecule has 0 amide bonds. The second-order valence-electron chi connectivity index (χ2n) is 15.4. The normalized spacial score (nSPS) is 20.9. The first kappa shape index (κ1) is 47.5. The number of aliphatic hydroxyl groups excluding tert-OH is 2. The Labute approximate surface area is 343 Å². The molecule has 0 saturated carbocycles. The molecule has 0 spiro atoms. The molecule has 0 radical (unpaired) electrons. The van der Waals surface area contributed by atoms with E-state index in [1.165, 1.54) is 101 Å². The number of phosphoric acid groups is 1. The molecule has 324 valence electrons. The predicted octanol–water partition coefficient (Wildman–Crippen LogP) is 7.52. The molecule has 1 fully saturated rings. The number of nitrogen functional groups attached to an aromatic ring is 1. The summed E-state index contributed by atoms with van der Waals surface area (Å²) in [5, 5.41) is 35.4. The van der Waals surface area contributed by atoms with Gasteiger partial charge in [0.1, 0.15) is 53.7 Å². The first-order valence-corrected chi connectivity index (χ1v) is 22.5. The highest BCUT2D eigenvalue weighted by atomic mass is 31.2. The Morgan fingerprint density at radius 1 is 0.948 bits per heavy atom. The SMILES string of the molecule is CCCCCCCCCCCCCCCCCCOC[C@H](COP(=O)(O)OCC1O[C@@](C)(c2ccc3c(N)ncnn23)[C@H](O)[C@@H]1O)OCc1ccc(C#N)c(OC)c1. The summed E-state index contributed by atoms with van der Waals surface area (Å²) < 4.78 is 48.5. The van der Waals surface area contributed by atoms with E-state index < -0.39 is 44.4 Å². The van der Waals surface area contributed by atoms with Crippen molar-refractivity contribution in [1.82, 2.24) is 14.6 Å². The Kier molecular flexibility index (Phi) is 20.3. The van der Waals surface area contributed by atoms with Crippen LogP contribution in [-0.4, -0.2) is 87.7 Å². The van der Waals surface area contributed by atoms with Gasteiger partial charge in [-0.25, -0.2) is 14.1 Å². The van der Waals surface area contributed by atoms with Crippen LogP contribution in [0.1, 0.15) is 133 Å². The molecule has 2 aromatic heterocycles. The van der Waals surface area contributed by atoms with E-state index >= 15 is 0 Å². The second-order valence-corrected chi connectivity index (χ2v) is 16.8. The maximum atomic E-state index is 13.1. The highest BCUT2D eigenvalue weighted by molar-refractivity contribution is 7.47. The van der Waals surface area contributed by atoms with Crippen molar-refractivity contribution < 1.29 is 47.7 Å². The Balaban J connectivity index is 1.19. The second kappa shape index (κ2) is 24.8. The Morgan fingerprint density at radius 3 is 2.21 bits per heavy atom. The van der Waals surface area contributed by atoms with Crippen LogP contribution in [0.25, 0.3) is 5.52 Å². The molecule has 16 heteroatoms. The summed E-state index contributed by atoms with van der Waals surface area (Å²) in [7, 11) is -3.22. The van der Waals surface area contributed by atoms with Crippen LogP contribution in [0.4, 0.5) is 5.82 Å². The lowest BCUT2D eigenvalue weighted by Crippen LogP contribution is -2.39. The van der Waals surface area contributed by atoms with Crippen molar-refractivity contribution in [2.45, 2.75) is 153 Å². The number of hydrogen-bond acceptors (Lipinski definition) is 13. The Morgan fingerprint density at radius 2 is 1.59 bits per heavy atom. The summed E-state index contributed by atoms with van der Waals surface area (Å²) >= 11 is 0. The number of benzene rings is 1. The molecule has 0 aliphatic carbocycles. The van der Waals surface area contributed by atoms with Crippen LogP contribution >= 0.6 is 7.82 Å². The van der Waals surface area contributed by atoms with E-state index in [4.69, 9.17) is 33.7 Å². The zero-order valence-corrected chi connectivity index (χ0v) is 35.5. The number of nitriles is 1. The molecule has 4 rings (SSSR count). The third-order valence-electron chi connectivity index (χ3n) is 10.8. The number of aromatic nitrogens is 3. The van der Waals surface area contributed by atoms with Gasteiger partial charge in [0.05, 0.1) is 44.8 Å². The zero-order valence-electron chi connectivity index (χ0n) is 34.6. The van der Waals surface area contributed by atoms with Gasteiger partial charge in [-0.1, -0.05) is 109 Å². The number of phosphoric ester groups is 1. The van der Waals surface area contributed by atoms with Gasteiger partial charge in [0.15, 0.2) is 5.82 Å². The van der Waals surface area contributed by atoms with Crippen molar-refractivity contribution >= 4 is 19.2 Å². The number of anilines is 1. The number of methoxy groups -OCH3 is 1. The average molecular weight is 832 g/mol. The van der Waals surface area contributed by atoms with Gasteiger partial charge in [-0.3, -0.25) is 9.05 Å². The van der Waals surface area contributed by atoms with Gasteiger partial charge >= 0.3 is 7.82 Å². The van der Waals surface area contributed by atoms with Crippen LogP contribution in [0.3, 0.4) is 0 Å². The number of unbranched alkanes of at least 4 members (excludes halogenated alkanes) is 15. The van der Waals surface area contributed by atoms with Crippen LogP contribution in [-0.2, 0) is 40.0 Å². The van der Waals surface area contributed by atoms with Crippen LogP contribution in [0.15, 0.2) is 36.7 Å². The van der Waals surface area contributed by atoms with E-state index in [-0.39, 0.29) is 25.6 Å². The van der Waals surface area contributed by atoms with Crippen LogP contribution in [0.2, 0.25) is 0 Å². The first-order chi connectivity index (χ1) is 28.0. The van der Waals surface area contributed by atoms with E-state index in [1.54, 1.807) is 37.3 Å². The molecule has 6 atom stereocenters. The van der Waals surface area contributed by atoms with Crippen molar-refractivity contribution in [3.05, 3.63) is 53.5 Å². The monoisotopic (exact) mass is 831 g/mol.